The van der Waals surface area contributed by atoms with Crippen LogP contribution in [0.1, 0.15) is 25.6 Å². The second-order valence-electron chi connectivity index (χ2n) is 5.63. The van der Waals surface area contributed by atoms with Crippen molar-refractivity contribution in [2.24, 2.45) is 0 Å². The third kappa shape index (κ3) is 3.81. The molecule has 23 heavy (non-hydrogen) atoms. The largest absolute Gasteiger partial charge is 0.307 e. The maximum Gasteiger partial charge on any atom is 0.159 e. The van der Waals surface area contributed by atoms with Gasteiger partial charge in [0.05, 0.1) is 11.7 Å². The van der Waals surface area contributed by atoms with Gasteiger partial charge in [0.1, 0.15) is 0 Å². The molecule has 5 heteroatoms. The lowest BCUT2D eigenvalue weighted by molar-refractivity contribution is 0.363. The molecule has 5 nitrogen and oxygen atoms in total. The summed E-state index contributed by atoms with van der Waals surface area (Å²) in [6.45, 7) is 5.01. The van der Waals surface area contributed by atoms with Crippen LogP contribution in [-0.2, 0) is 6.54 Å². The van der Waals surface area contributed by atoms with Crippen molar-refractivity contribution in [3.8, 4) is 11.4 Å². The maximum absolute atomic E-state index is 4.64. The Morgan fingerprint density at radius 3 is 2.61 bits per heavy atom. The smallest absolute Gasteiger partial charge is 0.159 e. The molecule has 3 aromatic rings. The summed E-state index contributed by atoms with van der Waals surface area (Å²) in [5.41, 5.74) is 2.02. The third-order valence-electron chi connectivity index (χ3n) is 4.02. The highest BCUT2D eigenvalue weighted by Gasteiger charge is 2.13. The quantitative estimate of drug-likeness (QED) is 0.760. The predicted molar refractivity (Wildman–Crippen MR) is 90.7 cm³/mol. The monoisotopic (exact) mass is 307 g/mol. The molecule has 0 fully saturated rings. The van der Waals surface area contributed by atoms with Gasteiger partial charge < -0.3 is 5.32 Å². The number of nitrogens with one attached hydrogen (secondary N) is 1. The fourth-order valence-corrected chi connectivity index (χ4v) is 2.41. The first-order valence-electron chi connectivity index (χ1n) is 7.84. The Morgan fingerprint density at radius 2 is 1.87 bits per heavy atom. The van der Waals surface area contributed by atoms with E-state index in [1.54, 1.807) is 6.20 Å². The van der Waals surface area contributed by atoms with Gasteiger partial charge >= 0.3 is 0 Å². The highest BCUT2D eigenvalue weighted by molar-refractivity contribution is 5.54. The molecular weight excluding hydrogens is 286 g/mol. The zero-order valence-electron chi connectivity index (χ0n) is 13.4. The summed E-state index contributed by atoms with van der Waals surface area (Å²) in [5.74, 6) is 0.762. The second kappa shape index (κ2) is 7.15. The Labute approximate surface area is 136 Å². The van der Waals surface area contributed by atoms with E-state index in [0.717, 1.165) is 17.1 Å². The Bertz CT molecular complexity index is 724. The first kappa shape index (κ1) is 15.4. The van der Waals surface area contributed by atoms with Crippen molar-refractivity contribution in [3.63, 3.8) is 0 Å². The molecule has 2 atom stereocenters. The van der Waals surface area contributed by atoms with E-state index in [4.69, 9.17) is 0 Å². The van der Waals surface area contributed by atoms with Crippen LogP contribution in [0.3, 0.4) is 0 Å². The second-order valence-corrected chi connectivity index (χ2v) is 5.63. The lowest BCUT2D eigenvalue weighted by Crippen LogP contribution is -2.33. The molecule has 0 unspecified atom stereocenters. The van der Waals surface area contributed by atoms with Crippen LogP contribution in [0.4, 0.5) is 0 Å². The SMILES string of the molecule is C[C@H]([C@@H](C)NCc1ccnc(-c2ccccc2)n1)n1cccn1. The van der Waals surface area contributed by atoms with Crippen LogP contribution in [0.5, 0.6) is 0 Å². The molecule has 0 bridgehead atoms. The van der Waals surface area contributed by atoms with Gasteiger partial charge in [-0.3, -0.25) is 4.68 Å². The van der Waals surface area contributed by atoms with Gasteiger partial charge in [-0.15, -0.1) is 0 Å². The van der Waals surface area contributed by atoms with Crippen molar-refractivity contribution in [1.82, 2.24) is 25.1 Å². The average molecular weight is 307 g/mol. The zero-order chi connectivity index (χ0) is 16.1. The highest BCUT2D eigenvalue weighted by Crippen LogP contribution is 2.14. The van der Waals surface area contributed by atoms with E-state index in [-0.39, 0.29) is 12.1 Å². The summed E-state index contributed by atoms with van der Waals surface area (Å²) in [7, 11) is 0. The van der Waals surface area contributed by atoms with Crippen molar-refractivity contribution in [3.05, 3.63) is 66.7 Å². The van der Waals surface area contributed by atoms with Crippen LogP contribution in [0, 0.1) is 0 Å². The molecule has 0 aliphatic rings. The van der Waals surface area contributed by atoms with Crippen LogP contribution < -0.4 is 5.32 Å². The van der Waals surface area contributed by atoms with Crippen molar-refractivity contribution < 1.29 is 0 Å². The number of rotatable bonds is 6. The minimum absolute atomic E-state index is 0.278. The van der Waals surface area contributed by atoms with Gasteiger partial charge in [0.15, 0.2) is 5.82 Å². The molecule has 1 N–H and O–H groups in total. The Balaban J connectivity index is 1.64. The summed E-state index contributed by atoms with van der Waals surface area (Å²) in [6, 6.07) is 14.5. The predicted octanol–water partition coefficient (Wildman–Crippen LogP) is 3.08. The number of hydrogen-bond acceptors (Lipinski definition) is 4. The third-order valence-corrected chi connectivity index (χ3v) is 4.02. The molecule has 0 spiro atoms. The van der Waals surface area contributed by atoms with Crippen LogP contribution >= 0.6 is 0 Å². The van der Waals surface area contributed by atoms with Crippen molar-refractivity contribution in [1.29, 1.82) is 0 Å². The lowest BCUT2D eigenvalue weighted by Gasteiger charge is -2.21. The molecule has 0 radical (unpaired) electrons. The molecule has 0 saturated heterocycles. The molecular formula is C18H21N5. The molecule has 0 aliphatic heterocycles. The van der Waals surface area contributed by atoms with Gasteiger partial charge in [0.2, 0.25) is 0 Å². The first-order chi connectivity index (χ1) is 11.2. The number of aromatic nitrogens is 4. The number of nitrogens with zero attached hydrogens (tertiary/aromatic N) is 4. The van der Waals surface area contributed by atoms with Gasteiger partial charge in [0.25, 0.3) is 0 Å². The van der Waals surface area contributed by atoms with Gasteiger partial charge in [0, 0.05) is 36.7 Å². The average Bonchev–Trinajstić information content (AvgIpc) is 3.14. The Kier molecular flexibility index (Phi) is 4.78. The van der Waals surface area contributed by atoms with Gasteiger partial charge in [-0.05, 0) is 26.0 Å². The van der Waals surface area contributed by atoms with Gasteiger partial charge in [-0.25, -0.2) is 9.97 Å². The molecule has 2 heterocycles. The normalized spacial score (nSPS) is 13.7. The van der Waals surface area contributed by atoms with E-state index >= 15 is 0 Å². The minimum atomic E-state index is 0.278. The molecule has 0 aliphatic carbocycles. The maximum atomic E-state index is 4.64. The van der Waals surface area contributed by atoms with E-state index in [1.165, 1.54) is 0 Å². The minimum Gasteiger partial charge on any atom is -0.307 e. The van der Waals surface area contributed by atoms with Gasteiger partial charge in [-0.1, -0.05) is 30.3 Å². The zero-order valence-corrected chi connectivity index (χ0v) is 13.4. The highest BCUT2D eigenvalue weighted by atomic mass is 15.3. The van der Waals surface area contributed by atoms with E-state index in [0.29, 0.717) is 6.54 Å². The van der Waals surface area contributed by atoms with Gasteiger partial charge in [-0.2, -0.15) is 5.10 Å². The van der Waals surface area contributed by atoms with Crippen molar-refractivity contribution in [2.45, 2.75) is 32.5 Å². The number of hydrogen-bond donors (Lipinski definition) is 1. The molecule has 118 valence electrons. The van der Waals surface area contributed by atoms with Crippen molar-refractivity contribution >= 4 is 0 Å². The topological polar surface area (TPSA) is 55.6 Å². The summed E-state index contributed by atoms with van der Waals surface area (Å²) >= 11 is 0. The summed E-state index contributed by atoms with van der Waals surface area (Å²) in [5, 5.41) is 7.81. The summed E-state index contributed by atoms with van der Waals surface area (Å²) in [4.78, 5) is 9.00. The summed E-state index contributed by atoms with van der Waals surface area (Å²) < 4.78 is 1.97. The molecule has 1 aromatic carbocycles. The van der Waals surface area contributed by atoms with E-state index in [9.17, 15) is 0 Å². The molecule has 3 rings (SSSR count). The Hall–Kier alpha value is -2.53. The van der Waals surface area contributed by atoms with E-state index in [1.807, 2.05) is 59.5 Å². The fourth-order valence-electron chi connectivity index (χ4n) is 2.41. The first-order valence-corrected chi connectivity index (χ1v) is 7.84. The van der Waals surface area contributed by atoms with Crippen LogP contribution in [0.25, 0.3) is 11.4 Å². The van der Waals surface area contributed by atoms with Crippen molar-refractivity contribution in [2.75, 3.05) is 0 Å². The Morgan fingerprint density at radius 1 is 1.04 bits per heavy atom. The number of benzene rings is 1. The van der Waals surface area contributed by atoms with Crippen LogP contribution in [-0.4, -0.2) is 25.8 Å². The summed E-state index contributed by atoms with van der Waals surface area (Å²) in [6.07, 6.45) is 5.61. The molecule has 0 saturated carbocycles. The van der Waals surface area contributed by atoms with Crippen LogP contribution in [0.2, 0.25) is 0 Å². The van der Waals surface area contributed by atoms with E-state index in [2.05, 4.69) is 34.2 Å². The molecule has 2 aromatic heterocycles. The standard InChI is InChI=1S/C18H21N5/c1-14(15(2)23-12-6-10-21-23)20-13-17-9-11-19-18(22-17)16-7-4-3-5-8-16/h3-12,14-15,20H,13H2,1-2H3/t14-,15-/m1/s1. The van der Waals surface area contributed by atoms with E-state index < -0.39 is 0 Å². The lowest BCUT2D eigenvalue weighted by atomic mass is 10.1. The molecule has 0 amide bonds. The van der Waals surface area contributed by atoms with Crippen LogP contribution in [0.15, 0.2) is 61.1 Å². The fraction of sp³-hybridized carbons (Fsp3) is 0.278.